The summed E-state index contributed by atoms with van der Waals surface area (Å²) in [4.78, 5) is 17.0. The monoisotopic (exact) mass is 584 g/mol. The van der Waals surface area contributed by atoms with E-state index in [2.05, 4.69) is 26.2 Å². The van der Waals surface area contributed by atoms with E-state index in [0.29, 0.717) is 43.9 Å². The molecule has 0 radical (unpaired) electrons. The molecule has 1 aromatic heterocycles. The van der Waals surface area contributed by atoms with Crippen LogP contribution >= 0.6 is 15.9 Å². The van der Waals surface area contributed by atoms with Crippen LogP contribution in [0.4, 0.5) is 18.9 Å². The third-order valence-corrected chi connectivity index (χ3v) is 7.63. The zero-order chi connectivity index (χ0) is 26.4. The summed E-state index contributed by atoms with van der Waals surface area (Å²) in [6, 6.07) is 7.47. The van der Waals surface area contributed by atoms with Crippen molar-refractivity contribution in [1.29, 1.82) is 0 Å². The Kier molecular flexibility index (Phi) is 6.64. The maximum Gasteiger partial charge on any atom is 0.516 e. The maximum atomic E-state index is 13.1. The molecule has 2 heterocycles. The van der Waals surface area contributed by atoms with Crippen LogP contribution in [0, 0.1) is 13.8 Å². The Morgan fingerprint density at radius 1 is 1.14 bits per heavy atom. The highest BCUT2D eigenvalue weighted by atomic mass is 79.9. The van der Waals surface area contributed by atoms with Crippen molar-refractivity contribution >= 4 is 37.5 Å². The Bertz CT molecular complexity index is 1540. The lowest BCUT2D eigenvalue weighted by molar-refractivity contribution is -0.0429. The number of hydrogen-bond donors (Lipinski definition) is 2. The second-order valence-corrected chi connectivity index (χ2v) is 10.4. The van der Waals surface area contributed by atoms with Crippen LogP contribution in [-0.2, 0) is 16.6 Å². The smallest absolute Gasteiger partial charge is 0.472 e. The summed E-state index contributed by atoms with van der Waals surface area (Å²) >= 11 is 3.53. The minimum absolute atomic E-state index is 0.122. The number of nitrogens with one attached hydrogen (secondary N) is 2. The van der Waals surface area contributed by atoms with Crippen molar-refractivity contribution in [2.45, 2.75) is 25.9 Å². The summed E-state index contributed by atoms with van der Waals surface area (Å²) in [6.07, 6.45) is 2.92. The zero-order valence-electron chi connectivity index (χ0n) is 19.2. The molecule has 0 unspecified atom stereocenters. The summed E-state index contributed by atoms with van der Waals surface area (Å²) in [5.74, 6) is 0.201. The number of aryl methyl sites for hydroxylation is 2. The SMILES string of the molecule is CNC(=O)c1c(C)nc(C)n1Cc1c2ccocc-2c(Br)c1-c1ccccc1NS(=O)(=O)C(F)(F)F. The summed E-state index contributed by atoms with van der Waals surface area (Å²) in [5, 5.41) is 2.59. The number of aromatic nitrogens is 2. The number of carbonyl (C=O) groups excluding carboxylic acids is 1. The number of alkyl halides is 3. The van der Waals surface area contributed by atoms with Crippen molar-refractivity contribution in [3.8, 4) is 22.3 Å². The average Bonchev–Trinajstić information content (AvgIpc) is 3.25. The Morgan fingerprint density at radius 3 is 2.50 bits per heavy atom. The van der Waals surface area contributed by atoms with Crippen molar-refractivity contribution in [2.24, 2.45) is 0 Å². The molecule has 4 rings (SSSR count). The summed E-state index contributed by atoms with van der Waals surface area (Å²) < 4.78 is 72.4. The van der Waals surface area contributed by atoms with E-state index < -0.39 is 15.5 Å². The molecular formula is C23H20BrF3N4O4S. The van der Waals surface area contributed by atoms with Gasteiger partial charge in [-0.05, 0) is 53.0 Å². The van der Waals surface area contributed by atoms with Gasteiger partial charge in [0.05, 0.1) is 30.5 Å². The molecule has 13 heteroatoms. The number of para-hydroxylation sites is 1. The Labute approximate surface area is 213 Å². The minimum Gasteiger partial charge on any atom is -0.472 e. The first-order valence-corrected chi connectivity index (χ1v) is 12.8. The third-order valence-electron chi connectivity index (χ3n) is 5.71. The van der Waals surface area contributed by atoms with Gasteiger partial charge in [0.1, 0.15) is 11.5 Å². The van der Waals surface area contributed by atoms with Crippen LogP contribution < -0.4 is 10.0 Å². The number of hydrogen-bond acceptors (Lipinski definition) is 5. The number of nitrogens with zero attached hydrogens (tertiary/aromatic N) is 2. The van der Waals surface area contributed by atoms with Crippen molar-refractivity contribution in [3.63, 3.8) is 0 Å². The molecule has 0 atom stereocenters. The summed E-state index contributed by atoms with van der Waals surface area (Å²) in [5.41, 5.74) is -2.32. The first-order valence-electron chi connectivity index (χ1n) is 10.5. The molecule has 2 aliphatic rings. The van der Waals surface area contributed by atoms with Crippen molar-refractivity contribution in [1.82, 2.24) is 14.9 Å². The van der Waals surface area contributed by atoms with Gasteiger partial charge < -0.3 is 14.3 Å². The van der Waals surface area contributed by atoms with Crippen molar-refractivity contribution in [2.75, 3.05) is 11.8 Å². The van der Waals surface area contributed by atoms with Gasteiger partial charge in [-0.25, -0.2) is 4.98 Å². The fraction of sp³-hybridized carbons (Fsp3) is 0.217. The highest BCUT2D eigenvalue weighted by molar-refractivity contribution is 9.10. The van der Waals surface area contributed by atoms with Gasteiger partial charge in [0.2, 0.25) is 0 Å². The molecule has 190 valence electrons. The molecule has 36 heavy (non-hydrogen) atoms. The second kappa shape index (κ2) is 9.28. The van der Waals surface area contributed by atoms with Gasteiger partial charge in [0, 0.05) is 28.2 Å². The van der Waals surface area contributed by atoms with Gasteiger partial charge in [-0.2, -0.15) is 21.6 Å². The van der Waals surface area contributed by atoms with E-state index in [1.54, 1.807) is 35.3 Å². The van der Waals surface area contributed by atoms with Crippen LogP contribution in [0.3, 0.4) is 0 Å². The largest absolute Gasteiger partial charge is 0.516 e. The van der Waals surface area contributed by atoms with Crippen molar-refractivity contribution in [3.05, 3.63) is 70.1 Å². The Hall–Kier alpha value is -3.32. The average molecular weight is 585 g/mol. The molecular weight excluding hydrogens is 565 g/mol. The van der Waals surface area contributed by atoms with Gasteiger partial charge in [-0.1, -0.05) is 18.2 Å². The molecule has 0 saturated heterocycles. The van der Waals surface area contributed by atoms with Gasteiger partial charge in [0.15, 0.2) is 0 Å². The molecule has 1 aromatic carbocycles. The number of fused-ring (bicyclic) bond motifs is 1. The topological polar surface area (TPSA) is 106 Å². The number of halogens is 4. The van der Waals surface area contributed by atoms with E-state index in [9.17, 15) is 26.4 Å². The number of sulfonamides is 1. The molecule has 2 N–H and O–H groups in total. The van der Waals surface area contributed by atoms with Crippen LogP contribution in [0.15, 0.2) is 51.7 Å². The zero-order valence-corrected chi connectivity index (χ0v) is 21.6. The Balaban J connectivity index is 1.97. The first-order chi connectivity index (χ1) is 16.9. The van der Waals surface area contributed by atoms with Crippen LogP contribution in [0.5, 0.6) is 0 Å². The number of benzene rings is 1. The van der Waals surface area contributed by atoms with Crippen LogP contribution in [-0.4, -0.2) is 36.4 Å². The highest BCUT2D eigenvalue weighted by Crippen LogP contribution is 2.48. The normalized spacial score (nSPS) is 12.2. The first kappa shape index (κ1) is 25.8. The van der Waals surface area contributed by atoms with Crippen molar-refractivity contribution < 1.29 is 30.8 Å². The van der Waals surface area contributed by atoms with Gasteiger partial charge >= 0.3 is 15.5 Å². The van der Waals surface area contributed by atoms with E-state index in [1.807, 2.05) is 0 Å². The highest BCUT2D eigenvalue weighted by Gasteiger charge is 2.46. The number of carbonyl (C=O) groups is 1. The standard InChI is InChI=1S/C23H20BrF3N4O4S/c1-12-21(22(32)28-3)31(13(2)29-12)10-16-14-8-9-35-11-17(14)20(24)19(16)15-6-4-5-7-18(15)30-36(33,34)23(25,26)27/h4-9,11,30H,10H2,1-3H3,(H,28,32). The predicted octanol–water partition coefficient (Wildman–Crippen LogP) is 5.30. The number of amides is 1. The van der Waals surface area contributed by atoms with E-state index in [-0.39, 0.29) is 23.7 Å². The molecule has 1 amide bonds. The fourth-order valence-corrected chi connectivity index (χ4v) is 5.45. The molecule has 0 saturated carbocycles. The number of imidazole rings is 1. The van der Waals surface area contributed by atoms with Gasteiger partial charge in [-0.3, -0.25) is 9.52 Å². The van der Waals surface area contributed by atoms with Crippen LogP contribution in [0.2, 0.25) is 0 Å². The van der Waals surface area contributed by atoms with E-state index in [0.717, 1.165) is 0 Å². The molecule has 1 aliphatic carbocycles. The van der Waals surface area contributed by atoms with Crippen LogP contribution in [0.25, 0.3) is 22.3 Å². The van der Waals surface area contributed by atoms with E-state index >= 15 is 0 Å². The van der Waals surface area contributed by atoms with Crippen LogP contribution in [0.1, 0.15) is 27.6 Å². The second-order valence-electron chi connectivity index (χ2n) is 7.91. The minimum atomic E-state index is -5.67. The lowest BCUT2D eigenvalue weighted by Gasteiger charge is -2.17. The van der Waals surface area contributed by atoms with E-state index in [4.69, 9.17) is 4.42 Å². The Morgan fingerprint density at radius 2 is 1.83 bits per heavy atom. The number of rotatable bonds is 6. The quantitative estimate of drug-likeness (QED) is 0.320. The lowest BCUT2D eigenvalue weighted by Crippen LogP contribution is -2.30. The van der Waals surface area contributed by atoms with Gasteiger partial charge in [0.25, 0.3) is 5.91 Å². The van der Waals surface area contributed by atoms with Gasteiger partial charge in [-0.15, -0.1) is 0 Å². The summed E-state index contributed by atoms with van der Waals surface area (Å²) in [7, 11) is -4.17. The molecule has 1 aliphatic heterocycles. The van der Waals surface area contributed by atoms with E-state index in [1.165, 1.54) is 37.8 Å². The molecule has 0 fully saturated rings. The number of anilines is 1. The predicted molar refractivity (Wildman–Crippen MR) is 131 cm³/mol. The summed E-state index contributed by atoms with van der Waals surface area (Å²) in [6.45, 7) is 3.56. The third kappa shape index (κ3) is 4.37. The lowest BCUT2D eigenvalue weighted by atomic mass is 10.0. The molecule has 0 bridgehead atoms. The molecule has 2 aromatic rings. The molecule has 0 spiro atoms. The molecule has 8 nitrogen and oxygen atoms in total. The fourth-order valence-electron chi connectivity index (χ4n) is 4.11. The maximum absolute atomic E-state index is 13.1.